The predicted molar refractivity (Wildman–Crippen MR) is 49.1 cm³/mol. The number of nitrogens with two attached hydrogens (primary N) is 2. The van der Waals surface area contributed by atoms with Crippen LogP contribution in [0.5, 0.6) is 0 Å². The maximum absolute atomic E-state index is 5.84. The van der Waals surface area contributed by atoms with Gasteiger partial charge in [0, 0.05) is 25.9 Å². The van der Waals surface area contributed by atoms with E-state index in [2.05, 4.69) is 0 Å². The zero-order chi connectivity index (χ0) is 9.31. The van der Waals surface area contributed by atoms with E-state index in [0.717, 1.165) is 12.8 Å². The van der Waals surface area contributed by atoms with E-state index < -0.39 is 0 Å². The molecule has 2 fully saturated rings. The quantitative estimate of drug-likeness (QED) is 0.704. The summed E-state index contributed by atoms with van der Waals surface area (Å²) in [6.07, 6.45) is 4.38. The molecule has 4 nitrogen and oxygen atoms in total. The Labute approximate surface area is 98.9 Å². The van der Waals surface area contributed by atoms with Gasteiger partial charge in [0.25, 0.3) is 0 Å². The van der Waals surface area contributed by atoms with E-state index in [0.29, 0.717) is 13.1 Å². The topological polar surface area (TPSA) is 70.5 Å². The van der Waals surface area contributed by atoms with Gasteiger partial charge in [-0.3, -0.25) is 0 Å². The molecule has 2 aliphatic rings. The van der Waals surface area contributed by atoms with Crippen molar-refractivity contribution in [2.75, 3.05) is 13.1 Å². The maximum Gasteiger partial charge on any atom is 2.00 e. The third kappa shape index (κ3) is 2.20. The van der Waals surface area contributed by atoms with Crippen LogP contribution in [0.1, 0.15) is 25.7 Å². The molecule has 0 amide bonds. The van der Waals surface area contributed by atoms with Gasteiger partial charge in [0.2, 0.25) is 0 Å². The number of ether oxygens (including phenoxy) is 2. The molecular formula is C9H18N2O2Pt+2. The molecule has 0 unspecified atom stereocenters. The van der Waals surface area contributed by atoms with Gasteiger partial charge in [-0.15, -0.1) is 0 Å². The first-order chi connectivity index (χ1) is 6.29. The zero-order valence-electron chi connectivity index (χ0n) is 8.18. The average Bonchev–Trinajstić information content (AvgIpc) is 2.74. The molecule has 2 atom stereocenters. The van der Waals surface area contributed by atoms with Crippen LogP contribution >= 0.6 is 0 Å². The van der Waals surface area contributed by atoms with E-state index in [1.165, 1.54) is 12.8 Å². The predicted octanol–water partition coefficient (Wildman–Crippen LogP) is -0.0444. The zero-order valence-corrected chi connectivity index (χ0v) is 10.5. The van der Waals surface area contributed by atoms with Crippen molar-refractivity contribution < 1.29 is 30.5 Å². The van der Waals surface area contributed by atoms with Crippen molar-refractivity contribution in [1.82, 2.24) is 0 Å². The monoisotopic (exact) mass is 381 g/mol. The molecule has 1 heterocycles. The van der Waals surface area contributed by atoms with Crippen molar-refractivity contribution in [3.8, 4) is 0 Å². The Morgan fingerprint density at radius 2 is 1.43 bits per heavy atom. The fraction of sp³-hybridized carbons (Fsp3) is 1.00. The first-order valence-electron chi connectivity index (χ1n) is 5.05. The van der Waals surface area contributed by atoms with Crippen molar-refractivity contribution >= 4 is 0 Å². The summed E-state index contributed by atoms with van der Waals surface area (Å²) in [5.74, 6) is -0.325. The minimum atomic E-state index is -0.325. The molecule has 1 aliphatic heterocycles. The summed E-state index contributed by atoms with van der Waals surface area (Å²) < 4.78 is 11.7. The number of hydrogen-bond acceptors (Lipinski definition) is 4. The standard InChI is InChI=1S/C9H18N2O2.Pt/c10-5-7-8(6-11)13-9(12-7)3-1-2-4-9;/h7-8H,1-6,10-11H2;/q;+2/t7-,8-;/m0./s1. The molecule has 84 valence electrons. The van der Waals surface area contributed by atoms with Gasteiger partial charge in [-0.25, -0.2) is 0 Å². The molecule has 0 aromatic carbocycles. The first-order valence-corrected chi connectivity index (χ1v) is 5.05. The van der Waals surface area contributed by atoms with Crippen LogP contribution < -0.4 is 11.5 Å². The largest absolute Gasteiger partial charge is 2.00 e. The van der Waals surface area contributed by atoms with Gasteiger partial charge in [-0.05, 0) is 12.8 Å². The summed E-state index contributed by atoms with van der Waals surface area (Å²) in [6, 6.07) is 0. The molecule has 1 spiro atoms. The van der Waals surface area contributed by atoms with Crippen LogP contribution in [-0.2, 0) is 30.5 Å². The maximum atomic E-state index is 5.84. The fourth-order valence-corrected chi connectivity index (χ4v) is 2.28. The Balaban J connectivity index is 0.000000980. The Hall–Kier alpha value is 0.528. The van der Waals surface area contributed by atoms with Gasteiger partial charge < -0.3 is 20.9 Å². The van der Waals surface area contributed by atoms with Crippen LogP contribution in [0, 0.1) is 0 Å². The molecule has 1 saturated heterocycles. The summed E-state index contributed by atoms with van der Waals surface area (Å²) in [6.45, 7) is 1.01. The van der Waals surface area contributed by atoms with Gasteiger partial charge in [0.05, 0.1) is 0 Å². The van der Waals surface area contributed by atoms with Crippen molar-refractivity contribution in [3.63, 3.8) is 0 Å². The average molecular weight is 381 g/mol. The van der Waals surface area contributed by atoms with Crippen LogP contribution in [0.4, 0.5) is 0 Å². The smallest absolute Gasteiger partial charge is 0.343 e. The Bertz CT molecular complexity index is 172. The minimum Gasteiger partial charge on any atom is -0.343 e. The molecule has 2 rings (SSSR count). The molecule has 1 aliphatic carbocycles. The van der Waals surface area contributed by atoms with E-state index in [1.807, 2.05) is 0 Å². The van der Waals surface area contributed by atoms with Crippen LogP contribution in [0.25, 0.3) is 0 Å². The van der Waals surface area contributed by atoms with E-state index >= 15 is 0 Å². The third-order valence-electron chi connectivity index (χ3n) is 2.98. The first kappa shape index (κ1) is 12.6. The number of hydrogen-bond donors (Lipinski definition) is 2. The molecule has 5 heteroatoms. The molecule has 0 radical (unpaired) electrons. The summed E-state index contributed by atoms with van der Waals surface area (Å²) in [7, 11) is 0. The summed E-state index contributed by atoms with van der Waals surface area (Å²) in [5.41, 5.74) is 11.2. The van der Waals surface area contributed by atoms with Crippen molar-refractivity contribution in [2.45, 2.75) is 43.7 Å². The minimum absolute atomic E-state index is 0. The second kappa shape index (κ2) is 5.04. The summed E-state index contributed by atoms with van der Waals surface area (Å²) >= 11 is 0. The van der Waals surface area contributed by atoms with E-state index in [-0.39, 0.29) is 39.1 Å². The van der Waals surface area contributed by atoms with Gasteiger partial charge in [-0.2, -0.15) is 0 Å². The van der Waals surface area contributed by atoms with Crippen molar-refractivity contribution in [2.24, 2.45) is 11.5 Å². The fourth-order valence-electron chi connectivity index (χ4n) is 2.28. The molecule has 0 aromatic heterocycles. The molecular weight excluding hydrogens is 363 g/mol. The molecule has 14 heavy (non-hydrogen) atoms. The van der Waals surface area contributed by atoms with E-state index in [4.69, 9.17) is 20.9 Å². The second-order valence-electron chi connectivity index (χ2n) is 3.90. The summed E-state index contributed by atoms with van der Waals surface area (Å²) in [5, 5.41) is 0. The van der Waals surface area contributed by atoms with Crippen molar-refractivity contribution in [3.05, 3.63) is 0 Å². The van der Waals surface area contributed by atoms with Crippen molar-refractivity contribution in [1.29, 1.82) is 0 Å². The number of rotatable bonds is 2. The van der Waals surface area contributed by atoms with Gasteiger partial charge in [0.15, 0.2) is 5.79 Å². The van der Waals surface area contributed by atoms with Gasteiger partial charge in [0.1, 0.15) is 12.2 Å². The summed E-state index contributed by atoms with van der Waals surface area (Å²) in [4.78, 5) is 0. The second-order valence-corrected chi connectivity index (χ2v) is 3.90. The van der Waals surface area contributed by atoms with E-state index in [9.17, 15) is 0 Å². The molecule has 0 bridgehead atoms. The normalized spacial score (nSPS) is 34.7. The Morgan fingerprint density at radius 3 is 1.79 bits per heavy atom. The molecule has 4 N–H and O–H groups in total. The molecule has 0 aromatic rings. The van der Waals surface area contributed by atoms with Gasteiger partial charge in [-0.1, -0.05) is 0 Å². The third-order valence-corrected chi connectivity index (χ3v) is 2.98. The van der Waals surface area contributed by atoms with Crippen LogP contribution in [0.2, 0.25) is 0 Å². The van der Waals surface area contributed by atoms with Crippen LogP contribution in [0.15, 0.2) is 0 Å². The van der Waals surface area contributed by atoms with Crippen LogP contribution in [0.3, 0.4) is 0 Å². The van der Waals surface area contributed by atoms with E-state index in [1.54, 1.807) is 0 Å². The van der Waals surface area contributed by atoms with Crippen LogP contribution in [-0.4, -0.2) is 31.1 Å². The molecule has 1 saturated carbocycles. The Kier molecular flexibility index (Phi) is 4.53. The Morgan fingerprint density at radius 1 is 1.00 bits per heavy atom. The SMILES string of the molecule is NC[C@@H]1OC2(CCCC2)O[C@H]1CN.[Pt+2]. The van der Waals surface area contributed by atoms with Gasteiger partial charge >= 0.3 is 21.1 Å².